The van der Waals surface area contributed by atoms with Gasteiger partial charge in [0.15, 0.2) is 0 Å². The quantitative estimate of drug-likeness (QED) is 0.558. The molecule has 0 saturated heterocycles. The first-order chi connectivity index (χ1) is 15.7. The van der Waals surface area contributed by atoms with E-state index in [9.17, 15) is 9.59 Å². The highest BCUT2D eigenvalue weighted by atomic mass is 16.2. The maximum absolute atomic E-state index is 12.5. The Kier molecular flexibility index (Phi) is 5.76. The number of carbonyl (C=O) groups excluding carboxylic acids is 2. The van der Waals surface area contributed by atoms with Gasteiger partial charge in [0, 0.05) is 24.9 Å². The van der Waals surface area contributed by atoms with E-state index < -0.39 is 0 Å². The number of rotatable bonds is 8. The molecule has 0 heterocycles. The molecule has 4 nitrogen and oxygen atoms in total. The van der Waals surface area contributed by atoms with Crippen molar-refractivity contribution >= 4 is 11.8 Å². The molecule has 3 aromatic carbocycles. The van der Waals surface area contributed by atoms with Gasteiger partial charge in [-0.3, -0.25) is 9.59 Å². The zero-order chi connectivity index (χ0) is 21.9. The molecule has 4 unspecified atom stereocenters. The van der Waals surface area contributed by atoms with Gasteiger partial charge < -0.3 is 10.6 Å². The Morgan fingerprint density at radius 3 is 1.50 bits per heavy atom. The summed E-state index contributed by atoms with van der Waals surface area (Å²) in [6, 6.07) is 28.6. The van der Waals surface area contributed by atoms with E-state index in [2.05, 4.69) is 41.0 Å². The van der Waals surface area contributed by atoms with E-state index >= 15 is 0 Å². The van der Waals surface area contributed by atoms with Gasteiger partial charge in [-0.05, 0) is 46.9 Å². The standard InChI is InChI=1S/C28H28N2O2/c31-27(25-15-23(25)21-10-3-1-4-11-21)29-17-19-8-7-9-20(14-19)18-30-28(32)26-16-24(26)22-12-5-2-6-13-22/h1-14,23-26H,15-18H2,(H,29,31)(H,30,32). The molecular formula is C28H28N2O2. The summed E-state index contributed by atoms with van der Waals surface area (Å²) in [5.74, 6) is 1.10. The first-order valence-electron chi connectivity index (χ1n) is 11.4. The molecule has 2 N–H and O–H groups in total. The average Bonchev–Trinajstić information content (AvgIpc) is 3.76. The average molecular weight is 425 g/mol. The number of carbonyl (C=O) groups is 2. The molecule has 162 valence electrons. The van der Waals surface area contributed by atoms with Crippen LogP contribution in [0.2, 0.25) is 0 Å². The van der Waals surface area contributed by atoms with Gasteiger partial charge >= 0.3 is 0 Å². The van der Waals surface area contributed by atoms with Crippen LogP contribution in [0.4, 0.5) is 0 Å². The molecule has 32 heavy (non-hydrogen) atoms. The van der Waals surface area contributed by atoms with Crippen molar-refractivity contribution in [2.24, 2.45) is 11.8 Å². The minimum atomic E-state index is 0.0796. The lowest BCUT2D eigenvalue weighted by Crippen LogP contribution is -2.26. The Bertz CT molecular complexity index is 1010. The predicted octanol–water partition coefficient (Wildman–Crippen LogP) is 4.53. The molecule has 2 aliphatic rings. The van der Waals surface area contributed by atoms with Crippen LogP contribution in [0, 0.1) is 11.8 Å². The minimum absolute atomic E-state index is 0.0796. The summed E-state index contributed by atoms with van der Waals surface area (Å²) in [5.41, 5.74) is 4.59. The van der Waals surface area contributed by atoms with E-state index in [0.29, 0.717) is 24.9 Å². The van der Waals surface area contributed by atoms with Crippen LogP contribution in [-0.2, 0) is 22.7 Å². The number of amides is 2. The molecule has 3 aromatic rings. The molecule has 2 saturated carbocycles. The third-order valence-electron chi connectivity index (χ3n) is 6.63. The van der Waals surface area contributed by atoms with Crippen LogP contribution in [0.1, 0.15) is 46.9 Å². The molecular weight excluding hydrogens is 396 g/mol. The molecule has 2 fully saturated rings. The number of nitrogens with one attached hydrogen (secondary N) is 2. The van der Waals surface area contributed by atoms with Gasteiger partial charge in [-0.1, -0.05) is 84.9 Å². The highest BCUT2D eigenvalue weighted by Gasteiger charge is 2.44. The van der Waals surface area contributed by atoms with E-state index in [0.717, 1.165) is 24.0 Å². The first kappa shape index (κ1) is 20.5. The Labute approximate surface area is 189 Å². The summed E-state index contributed by atoms with van der Waals surface area (Å²) in [6.07, 6.45) is 1.85. The van der Waals surface area contributed by atoms with Crippen molar-refractivity contribution in [1.29, 1.82) is 0 Å². The third-order valence-corrected chi connectivity index (χ3v) is 6.63. The smallest absolute Gasteiger partial charge is 0.224 e. The lowest BCUT2D eigenvalue weighted by atomic mass is 10.1. The second-order valence-electron chi connectivity index (χ2n) is 8.97. The number of hydrogen-bond acceptors (Lipinski definition) is 2. The summed E-state index contributed by atoms with van der Waals surface area (Å²) >= 11 is 0. The number of benzene rings is 3. The van der Waals surface area contributed by atoms with E-state index in [1.54, 1.807) is 0 Å². The van der Waals surface area contributed by atoms with Crippen molar-refractivity contribution in [2.75, 3.05) is 0 Å². The van der Waals surface area contributed by atoms with Gasteiger partial charge in [0.1, 0.15) is 0 Å². The SMILES string of the molecule is O=C(NCc1cccc(CNC(=O)C2CC2c2ccccc2)c1)C1CC1c1ccccc1. The Morgan fingerprint density at radius 2 is 1.06 bits per heavy atom. The van der Waals surface area contributed by atoms with Gasteiger partial charge in [-0.2, -0.15) is 0 Å². The molecule has 0 spiro atoms. The van der Waals surface area contributed by atoms with Crippen molar-refractivity contribution in [3.63, 3.8) is 0 Å². The van der Waals surface area contributed by atoms with Crippen LogP contribution in [0.3, 0.4) is 0 Å². The largest absolute Gasteiger partial charge is 0.352 e. The molecule has 4 heteroatoms. The molecule has 0 radical (unpaired) electrons. The van der Waals surface area contributed by atoms with Crippen LogP contribution < -0.4 is 10.6 Å². The lowest BCUT2D eigenvalue weighted by molar-refractivity contribution is -0.123. The van der Waals surface area contributed by atoms with Crippen LogP contribution in [-0.4, -0.2) is 11.8 Å². The third kappa shape index (κ3) is 4.75. The van der Waals surface area contributed by atoms with Gasteiger partial charge in [-0.25, -0.2) is 0 Å². The van der Waals surface area contributed by atoms with Crippen molar-refractivity contribution in [3.8, 4) is 0 Å². The monoisotopic (exact) mass is 424 g/mol. The molecule has 4 atom stereocenters. The normalized spacial score (nSPS) is 23.2. The van der Waals surface area contributed by atoms with E-state index in [-0.39, 0.29) is 23.7 Å². The lowest BCUT2D eigenvalue weighted by Gasteiger charge is -2.09. The molecule has 0 bridgehead atoms. The summed E-state index contributed by atoms with van der Waals surface area (Å²) < 4.78 is 0. The van der Waals surface area contributed by atoms with E-state index in [1.807, 2.05) is 54.6 Å². The zero-order valence-electron chi connectivity index (χ0n) is 18.0. The molecule has 0 aliphatic heterocycles. The molecule has 2 aliphatic carbocycles. The second-order valence-corrected chi connectivity index (χ2v) is 8.97. The van der Waals surface area contributed by atoms with Gasteiger partial charge in [0.25, 0.3) is 0 Å². The summed E-state index contributed by atoms with van der Waals surface area (Å²) in [7, 11) is 0. The van der Waals surface area contributed by atoms with Crippen LogP contribution in [0.5, 0.6) is 0 Å². The fourth-order valence-electron chi connectivity index (χ4n) is 4.60. The summed E-state index contributed by atoms with van der Waals surface area (Å²) in [5, 5.41) is 6.16. The highest BCUT2D eigenvalue weighted by Crippen LogP contribution is 2.48. The topological polar surface area (TPSA) is 58.2 Å². The molecule has 5 rings (SSSR count). The van der Waals surface area contributed by atoms with Crippen LogP contribution in [0.25, 0.3) is 0 Å². The van der Waals surface area contributed by atoms with Gasteiger partial charge in [-0.15, -0.1) is 0 Å². The van der Waals surface area contributed by atoms with Crippen molar-refractivity contribution in [3.05, 3.63) is 107 Å². The van der Waals surface area contributed by atoms with Crippen molar-refractivity contribution in [1.82, 2.24) is 10.6 Å². The number of hydrogen-bond donors (Lipinski definition) is 2. The minimum Gasteiger partial charge on any atom is -0.352 e. The fraction of sp³-hybridized carbons (Fsp3) is 0.286. The van der Waals surface area contributed by atoms with E-state index in [4.69, 9.17) is 0 Å². The van der Waals surface area contributed by atoms with Crippen molar-refractivity contribution < 1.29 is 9.59 Å². The van der Waals surface area contributed by atoms with Crippen molar-refractivity contribution in [2.45, 2.75) is 37.8 Å². The van der Waals surface area contributed by atoms with E-state index in [1.165, 1.54) is 11.1 Å². The first-order valence-corrected chi connectivity index (χ1v) is 11.4. The zero-order valence-corrected chi connectivity index (χ0v) is 18.0. The van der Waals surface area contributed by atoms with Gasteiger partial charge in [0.2, 0.25) is 11.8 Å². The Morgan fingerprint density at radius 1 is 0.625 bits per heavy atom. The van der Waals surface area contributed by atoms with Gasteiger partial charge in [0.05, 0.1) is 0 Å². The Hall–Kier alpha value is -3.40. The maximum atomic E-state index is 12.5. The molecule has 0 aromatic heterocycles. The summed E-state index contributed by atoms with van der Waals surface area (Å²) in [4.78, 5) is 25.0. The fourth-order valence-corrected chi connectivity index (χ4v) is 4.60. The second kappa shape index (κ2) is 8.99. The van der Waals surface area contributed by atoms with Crippen LogP contribution in [0.15, 0.2) is 84.9 Å². The summed E-state index contributed by atoms with van der Waals surface area (Å²) in [6.45, 7) is 1.02. The molecule has 2 amide bonds. The maximum Gasteiger partial charge on any atom is 0.224 e. The highest BCUT2D eigenvalue weighted by molar-refractivity contribution is 5.83. The van der Waals surface area contributed by atoms with Crippen LogP contribution >= 0.6 is 0 Å². The Balaban J connectivity index is 1.08. The predicted molar refractivity (Wildman–Crippen MR) is 125 cm³/mol.